The number of nitrogens with zero attached hydrogens (tertiary/aromatic N) is 5. The second-order valence-corrected chi connectivity index (χ2v) is 14.2. The zero-order valence-electron chi connectivity index (χ0n) is 30.2. The van der Waals surface area contributed by atoms with E-state index in [-0.39, 0.29) is 29.9 Å². The fourth-order valence-electron chi connectivity index (χ4n) is 6.67. The molecule has 0 aliphatic carbocycles. The number of anilines is 1. The molecule has 7 rings (SSSR count). The number of carbonyl (C=O) groups is 5. The maximum Gasteiger partial charge on any atom is 0.262 e. The Morgan fingerprint density at radius 1 is 1.00 bits per heavy atom. The van der Waals surface area contributed by atoms with E-state index in [1.807, 2.05) is 43.5 Å². The van der Waals surface area contributed by atoms with Gasteiger partial charge in [-0.05, 0) is 74.7 Å². The van der Waals surface area contributed by atoms with Crippen LogP contribution in [-0.4, -0.2) is 78.5 Å². The maximum atomic E-state index is 13.1. The molecule has 56 heavy (non-hydrogen) atoms. The number of aromatic nitrogens is 5. The monoisotopic (exact) mass is 797 g/mol. The van der Waals surface area contributed by atoms with E-state index in [0.29, 0.717) is 65.9 Å². The number of imide groups is 2. The van der Waals surface area contributed by atoms with Gasteiger partial charge in [0.25, 0.3) is 11.8 Å². The number of carbonyl (C=O) groups excluding carboxylic acids is 5. The largest absolute Gasteiger partial charge is 0.486 e. The third-order valence-electron chi connectivity index (χ3n) is 9.52. The Bertz CT molecular complexity index is 2350. The Morgan fingerprint density at radius 3 is 2.61 bits per heavy atom. The fraction of sp³-hybridized carbons (Fsp3) is 0.282. The van der Waals surface area contributed by atoms with Gasteiger partial charge in [0.15, 0.2) is 0 Å². The zero-order valence-corrected chi connectivity index (χ0v) is 31.7. The number of aromatic amines is 1. The van der Waals surface area contributed by atoms with Crippen molar-refractivity contribution in [2.45, 2.75) is 57.7 Å². The normalized spacial score (nSPS) is 16.1. The summed E-state index contributed by atoms with van der Waals surface area (Å²) in [5.74, 6) is -1.61. The van der Waals surface area contributed by atoms with Gasteiger partial charge in [-0.2, -0.15) is 10.2 Å². The van der Waals surface area contributed by atoms with Gasteiger partial charge in [0.1, 0.15) is 17.9 Å². The number of piperidine rings is 1. The third kappa shape index (κ3) is 8.43. The summed E-state index contributed by atoms with van der Waals surface area (Å²) in [6, 6.07) is 9.50. The average molecular weight is 799 g/mol. The lowest BCUT2D eigenvalue weighted by Gasteiger charge is -2.27. The van der Waals surface area contributed by atoms with Crippen LogP contribution in [0.5, 0.6) is 5.75 Å². The number of fused-ring (bicyclic) bond motifs is 2. The van der Waals surface area contributed by atoms with E-state index in [1.54, 1.807) is 29.1 Å². The van der Waals surface area contributed by atoms with Gasteiger partial charge in [-0.25, -0.2) is 0 Å². The highest BCUT2D eigenvalue weighted by Gasteiger charge is 2.44. The minimum absolute atomic E-state index is 0.0618. The molecule has 2 aliphatic rings. The van der Waals surface area contributed by atoms with Crippen molar-refractivity contribution in [3.8, 4) is 5.75 Å². The molecule has 2 aliphatic heterocycles. The smallest absolute Gasteiger partial charge is 0.262 e. The Labute approximate surface area is 330 Å². The van der Waals surface area contributed by atoms with Crippen molar-refractivity contribution in [2.24, 2.45) is 0 Å². The van der Waals surface area contributed by atoms with Gasteiger partial charge in [0.05, 0.1) is 45.1 Å². The number of pyridine rings is 1. The molecule has 0 saturated carbocycles. The van der Waals surface area contributed by atoms with Gasteiger partial charge >= 0.3 is 0 Å². The van der Waals surface area contributed by atoms with Crippen molar-refractivity contribution in [3.05, 3.63) is 99.2 Å². The first-order valence-corrected chi connectivity index (χ1v) is 18.8. The summed E-state index contributed by atoms with van der Waals surface area (Å²) >= 11 is 12.6. The molecular weight excluding hydrogens is 761 g/mol. The fourth-order valence-corrected chi connectivity index (χ4v) is 7.34. The first-order valence-electron chi connectivity index (χ1n) is 18.1. The highest BCUT2D eigenvalue weighted by Crippen LogP contribution is 2.34. The molecule has 5 aromatic rings. The second kappa shape index (κ2) is 16.8. The predicted molar refractivity (Wildman–Crippen MR) is 209 cm³/mol. The molecule has 0 bridgehead atoms. The molecule has 5 amide bonds. The van der Waals surface area contributed by atoms with Crippen LogP contribution in [0.3, 0.4) is 0 Å². The molecule has 15 nitrogen and oxygen atoms in total. The molecule has 3 aromatic heterocycles. The number of unbranched alkanes of at least 4 members (excludes halogenated alkanes) is 1. The van der Waals surface area contributed by atoms with Crippen molar-refractivity contribution in [3.63, 3.8) is 0 Å². The van der Waals surface area contributed by atoms with Crippen molar-refractivity contribution in [1.82, 2.24) is 40.5 Å². The van der Waals surface area contributed by atoms with E-state index in [4.69, 9.17) is 27.9 Å². The van der Waals surface area contributed by atoms with E-state index >= 15 is 0 Å². The Balaban J connectivity index is 0.825. The van der Waals surface area contributed by atoms with Gasteiger partial charge in [0, 0.05) is 66.7 Å². The SMILES string of the molecule is C[C@@H](Oc1ccc2[nH]nc(/C=C/c3cnn(CCNC(=O)CCCCNc4ccc5c(c4)C(=O)N(C4CCC(=O)NC4=O)C5=O)c3)c2c1)c1c(Cl)cncc1Cl. The molecule has 5 heterocycles. The Hall–Kier alpha value is -6.06. The van der Waals surface area contributed by atoms with Crippen molar-refractivity contribution in [2.75, 3.05) is 18.4 Å². The van der Waals surface area contributed by atoms with Crippen LogP contribution in [0.2, 0.25) is 10.0 Å². The van der Waals surface area contributed by atoms with Crippen LogP contribution < -0.4 is 20.7 Å². The number of hydrogen-bond acceptors (Lipinski definition) is 10. The minimum Gasteiger partial charge on any atom is -0.486 e. The minimum atomic E-state index is -1.01. The van der Waals surface area contributed by atoms with Crippen molar-refractivity contribution < 1.29 is 28.7 Å². The summed E-state index contributed by atoms with van der Waals surface area (Å²) in [6.45, 7) is 3.33. The summed E-state index contributed by atoms with van der Waals surface area (Å²) in [5.41, 5.74) is 4.19. The number of amides is 5. The van der Waals surface area contributed by atoms with Crippen LogP contribution in [0.15, 0.2) is 61.2 Å². The maximum absolute atomic E-state index is 13.1. The molecule has 288 valence electrons. The van der Waals surface area contributed by atoms with Crippen molar-refractivity contribution >= 4 is 81.5 Å². The van der Waals surface area contributed by atoms with Crippen LogP contribution >= 0.6 is 23.2 Å². The van der Waals surface area contributed by atoms with Gasteiger partial charge in [-0.3, -0.25) is 49.0 Å². The van der Waals surface area contributed by atoms with Crippen LogP contribution in [0, 0.1) is 0 Å². The number of benzene rings is 2. The molecular formula is C39H37Cl2N9O6. The van der Waals surface area contributed by atoms with Crippen LogP contribution in [0.4, 0.5) is 5.69 Å². The number of halogens is 2. The quantitative estimate of drug-likeness (QED) is 0.0769. The summed E-state index contributed by atoms with van der Waals surface area (Å²) in [4.78, 5) is 67.2. The lowest BCUT2D eigenvalue weighted by molar-refractivity contribution is -0.136. The lowest BCUT2D eigenvalue weighted by Crippen LogP contribution is -2.54. The summed E-state index contributed by atoms with van der Waals surface area (Å²) in [7, 11) is 0. The van der Waals surface area contributed by atoms with Gasteiger partial charge < -0.3 is 15.4 Å². The second-order valence-electron chi connectivity index (χ2n) is 13.4. The Kier molecular flexibility index (Phi) is 11.4. The Morgan fingerprint density at radius 2 is 1.80 bits per heavy atom. The number of nitrogens with one attached hydrogen (secondary N) is 4. The molecule has 2 aromatic carbocycles. The molecule has 4 N–H and O–H groups in total. The number of ether oxygens (including phenoxy) is 1. The van der Waals surface area contributed by atoms with Crippen LogP contribution in [0.25, 0.3) is 23.1 Å². The van der Waals surface area contributed by atoms with Gasteiger partial charge in [-0.1, -0.05) is 23.2 Å². The van der Waals surface area contributed by atoms with Crippen LogP contribution in [0.1, 0.15) is 82.7 Å². The predicted octanol–water partition coefficient (Wildman–Crippen LogP) is 5.57. The number of hydrogen-bond donors (Lipinski definition) is 4. The molecule has 2 atom stereocenters. The van der Waals surface area contributed by atoms with E-state index in [1.165, 1.54) is 12.4 Å². The standard InChI is InChI=1S/C39H37Cl2N9O6/c1-22(36-29(40)19-42-20-30(36)41)56-25-7-10-32-28(17-25)31(47-48-32)9-5-23-18-45-49(21-23)15-14-44-34(51)4-2-3-13-43-24-6-8-26-27(16-24)39(55)50(38(26)54)33-11-12-35(52)46-37(33)53/h5-10,16-22,33,43H,2-4,11-15H2,1H3,(H,44,51)(H,47,48)(H,46,52,53)/b9-5+/t22-,33?/m1/s1. The van der Waals surface area contributed by atoms with Crippen LogP contribution in [-0.2, 0) is 20.9 Å². The first-order chi connectivity index (χ1) is 27.0. The summed E-state index contributed by atoms with van der Waals surface area (Å²) in [5, 5.41) is 22.0. The zero-order chi connectivity index (χ0) is 39.3. The topological polar surface area (TPSA) is 193 Å². The average Bonchev–Trinajstić information content (AvgIpc) is 3.86. The lowest BCUT2D eigenvalue weighted by atomic mass is 10.0. The van der Waals surface area contributed by atoms with E-state index in [0.717, 1.165) is 27.1 Å². The molecule has 17 heteroatoms. The molecule has 1 unspecified atom stereocenters. The third-order valence-corrected chi connectivity index (χ3v) is 10.1. The number of rotatable bonds is 15. The van der Waals surface area contributed by atoms with Gasteiger partial charge in [-0.15, -0.1) is 0 Å². The van der Waals surface area contributed by atoms with E-state index in [2.05, 4.69) is 36.2 Å². The highest BCUT2D eigenvalue weighted by molar-refractivity contribution is 6.35. The molecule has 0 spiro atoms. The molecule has 1 fully saturated rings. The van der Waals surface area contributed by atoms with Gasteiger partial charge in [0.2, 0.25) is 17.7 Å². The summed E-state index contributed by atoms with van der Waals surface area (Å²) in [6.07, 6.45) is 11.9. The highest BCUT2D eigenvalue weighted by atomic mass is 35.5. The first kappa shape index (κ1) is 38.2. The van der Waals surface area contributed by atoms with E-state index in [9.17, 15) is 24.0 Å². The molecule has 1 saturated heterocycles. The summed E-state index contributed by atoms with van der Waals surface area (Å²) < 4.78 is 7.92. The molecule has 0 radical (unpaired) electrons. The van der Waals surface area contributed by atoms with Crippen molar-refractivity contribution in [1.29, 1.82) is 0 Å². The number of H-pyrrole nitrogens is 1. The van der Waals surface area contributed by atoms with E-state index < -0.39 is 35.8 Å².